The van der Waals surface area contributed by atoms with Gasteiger partial charge in [0.15, 0.2) is 0 Å². The van der Waals surface area contributed by atoms with Gasteiger partial charge in [-0.15, -0.1) is 0 Å². The summed E-state index contributed by atoms with van der Waals surface area (Å²) in [4.78, 5) is 37.8. The summed E-state index contributed by atoms with van der Waals surface area (Å²) in [7, 11) is 1.72. The van der Waals surface area contributed by atoms with Crippen molar-refractivity contribution in [3.63, 3.8) is 0 Å². The highest BCUT2D eigenvalue weighted by Crippen LogP contribution is 2.21. The second-order valence-corrected chi connectivity index (χ2v) is 6.76. The van der Waals surface area contributed by atoms with Crippen molar-refractivity contribution in [2.75, 3.05) is 11.9 Å². The lowest BCUT2D eigenvalue weighted by Crippen LogP contribution is -2.23. The molecule has 8 nitrogen and oxygen atoms in total. The third-order valence-corrected chi connectivity index (χ3v) is 4.71. The van der Waals surface area contributed by atoms with E-state index in [9.17, 15) is 19.5 Å². The number of carbonyl (C=O) groups excluding carboxylic acids is 2. The first-order valence-electron chi connectivity index (χ1n) is 9.50. The minimum Gasteiger partial charge on any atom is -0.507 e. The zero-order valence-corrected chi connectivity index (χ0v) is 17.0. The fourth-order valence-corrected chi connectivity index (χ4v) is 3.01. The number of para-hydroxylation sites is 1. The lowest BCUT2D eigenvalue weighted by Gasteiger charge is -2.08. The Kier molecular flexibility index (Phi) is 6.06. The summed E-state index contributed by atoms with van der Waals surface area (Å²) in [5.41, 5.74) is 0.996. The molecule has 30 heavy (non-hydrogen) atoms. The lowest BCUT2D eigenvalue weighted by molar-refractivity contribution is 0.0502. The Bertz CT molecular complexity index is 1150. The molecular formula is C22H23N3O5. The van der Waals surface area contributed by atoms with Crippen LogP contribution in [0.15, 0.2) is 53.3 Å². The highest BCUT2D eigenvalue weighted by molar-refractivity contribution is 6.06. The Balaban J connectivity index is 1.92. The molecule has 0 unspecified atom stereocenters. The van der Waals surface area contributed by atoms with Crippen molar-refractivity contribution in [2.45, 2.75) is 20.3 Å². The number of anilines is 1. The largest absolute Gasteiger partial charge is 0.507 e. The maximum atomic E-state index is 12.9. The molecule has 1 aromatic heterocycles. The number of benzene rings is 2. The van der Waals surface area contributed by atoms with E-state index in [2.05, 4.69) is 5.32 Å². The first kappa shape index (κ1) is 20.9. The average Bonchev–Trinajstić information content (AvgIpc) is 2.96. The molecule has 3 aromatic rings. The van der Waals surface area contributed by atoms with Gasteiger partial charge in [-0.05, 0) is 43.7 Å². The second-order valence-electron chi connectivity index (χ2n) is 6.76. The molecule has 2 N–H and O–H groups in total. The zero-order valence-electron chi connectivity index (χ0n) is 17.0. The Morgan fingerprint density at radius 2 is 1.83 bits per heavy atom. The minimum absolute atomic E-state index is 0.109. The number of nitrogens with one attached hydrogen (secondary N) is 1. The van der Waals surface area contributed by atoms with E-state index in [4.69, 9.17) is 4.74 Å². The number of rotatable bonds is 6. The van der Waals surface area contributed by atoms with Crippen molar-refractivity contribution in [2.24, 2.45) is 7.05 Å². The molecule has 0 aliphatic rings. The maximum Gasteiger partial charge on any atom is 0.341 e. The van der Waals surface area contributed by atoms with E-state index in [1.807, 2.05) is 25.1 Å². The normalized spacial score (nSPS) is 10.6. The number of aromatic nitrogens is 2. The third-order valence-electron chi connectivity index (χ3n) is 4.71. The standard InChI is InChI=1S/C22H23N3O5/c1-4-12-30-22(29)17-13-15(10-11-18(17)26)20(27)23-19-14(2)24(3)25(21(19)28)16-8-6-5-7-9-16/h5-11,13,26H,4,12H2,1-3H3,(H,23,27). The molecular weight excluding hydrogens is 386 g/mol. The number of phenolic OH excluding ortho intramolecular Hbond substituents is 1. The van der Waals surface area contributed by atoms with Gasteiger partial charge in [0, 0.05) is 12.6 Å². The number of ether oxygens (including phenoxy) is 1. The fraction of sp³-hybridized carbons (Fsp3) is 0.227. The predicted molar refractivity (Wildman–Crippen MR) is 112 cm³/mol. The van der Waals surface area contributed by atoms with E-state index >= 15 is 0 Å². The molecule has 0 bridgehead atoms. The number of nitrogens with zero attached hydrogens (tertiary/aromatic N) is 2. The summed E-state index contributed by atoms with van der Waals surface area (Å²) in [6.07, 6.45) is 0.633. The van der Waals surface area contributed by atoms with Crippen LogP contribution in [0.4, 0.5) is 5.69 Å². The van der Waals surface area contributed by atoms with Crippen LogP contribution in [0.3, 0.4) is 0 Å². The monoisotopic (exact) mass is 409 g/mol. The number of amides is 1. The molecule has 0 aliphatic carbocycles. The highest BCUT2D eigenvalue weighted by Gasteiger charge is 2.21. The van der Waals surface area contributed by atoms with Gasteiger partial charge in [0.25, 0.3) is 11.5 Å². The molecule has 2 aromatic carbocycles. The van der Waals surface area contributed by atoms with Crippen molar-refractivity contribution < 1.29 is 19.4 Å². The molecule has 0 saturated carbocycles. The molecule has 0 radical (unpaired) electrons. The van der Waals surface area contributed by atoms with Crippen molar-refractivity contribution in [1.82, 2.24) is 9.36 Å². The average molecular weight is 409 g/mol. The van der Waals surface area contributed by atoms with Crippen LogP contribution in [0.5, 0.6) is 5.75 Å². The summed E-state index contributed by atoms with van der Waals surface area (Å²) in [5, 5.41) is 12.6. The Hall–Kier alpha value is -3.81. The van der Waals surface area contributed by atoms with Crippen molar-refractivity contribution >= 4 is 17.6 Å². The van der Waals surface area contributed by atoms with E-state index in [1.165, 1.54) is 22.9 Å². The van der Waals surface area contributed by atoms with E-state index < -0.39 is 11.9 Å². The smallest absolute Gasteiger partial charge is 0.341 e. The van der Waals surface area contributed by atoms with Crippen LogP contribution in [0.1, 0.15) is 39.8 Å². The van der Waals surface area contributed by atoms with Crippen LogP contribution in [0.25, 0.3) is 5.69 Å². The minimum atomic E-state index is -0.716. The molecule has 8 heteroatoms. The first-order valence-corrected chi connectivity index (χ1v) is 9.50. The van der Waals surface area contributed by atoms with Crippen molar-refractivity contribution in [3.05, 3.63) is 75.7 Å². The third kappa shape index (κ3) is 3.98. The number of carbonyl (C=O) groups is 2. The van der Waals surface area contributed by atoms with Crippen molar-refractivity contribution in [3.8, 4) is 11.4 Å². The van der Waals surface area contributed by atoms with Crippen LogP contribution < -0.4 is 10.9 Å². The van der Waals surface area contributed by atoms with E-state index in [0.717, 1.165) is 0 Å². The number of esters is 1. The fourth-order valence-electron chi connectivity index (χ4n) is 3.01. The van der Waals surface area contributed by atoms with Crippen LogP contribution in [0.2, 0.25) is 0 Å². The molecule has 1 heterocycles. The molecule has 156 valence electrons. The van der Waals surface area contributed by atoms with Gasteiger partial charge in [-0.1, -0.05) is 25.1 Å². The van der Waals surface area contributed by atoms with E-state index in [1.54, 1.807) is 30.8 Å². The summed E-state index contributed by atoms with van der Waals surface area (Å²) in [5.74, 6) is -1.58. The summed E-state index contributed by atoms with van der Waals surface area (Å²) < 4.78 is 8.13. The predicted octanol–water partition coefficient (Wildman–Crippen LogP) is 3.01. The molecule has 0 atom stereocenters. The van der Waals surface area contributed by atoms with Gasteiger partial charge in [-0.3, -0.25) is 14.3 Å². The van der Waals surface area contributed by atoms with Gasteiger partial charge in [0.1, 0.15) is 17.0 Å². The van der Waals surface area contributed by atoms with Gasteiger partial charge in [-0.2, -0.15) is 0 Å². The number of phenols is 1. The molecule has 0 fully saturated rings. The molecule has 3 rings (SSSR count). The van der Waals surface area contributed by atoms with E-state index in [0.29, 0.717) is 17.8 Å². The highest BCUT2D eigenvalue weighted by atomic mass is 16.5. The van der Waals surface area contributed by atoms with Crippen molar-refractivity contribution in [1.29, 1.82) is 0 Å². The summed E-state index contributed by atoms with van der Waals surface area (Å²) in [6.45, 7) is 3.78. The van der Waals surface area contributed by atoms with Crippen LogP contribution in [-0.2, 0) is 11.8 Å². The quantitative estimate of drug-likeness (QED) is 0.609. The Labute approximate surface area is 173 Å². The van der Waals surface area contributed by atoms with Gasteiger partial charge in [-0.25, -0.2) is 9.48 Å². The first-order chi connectivity index (χ1) is 14.3. The Morgan fingerprint density at radius 1 is 1.13 bits per heavy atom. The maximum absolute atomic E-state index is 12.9. The Morgan fingerprint density at radius 3 is 2.50 bits per heavy atom. The van der Waals surface area contributed by atoms with Gasteiger partial charge in [0.05, 0.1) is 18.0 Å². The number of hydrogen-bond donors (Lipinski definition) is 2. The van der Waals surface area contributed by atoms with Gasteiger partial charge >= 0.3 is 5.97 Å². The van der Waals surface area contributed by atoms with Crippen LogP contribution in [-0.4, -0.2) is 33.0 Å². The molecule has 0 saturated heterocycles. The van der Waals surface area contributed by atoms with Gasteiger partial charge in [0.2, 0.25) is 0 Å². The topological polar surface area (TPSA) is 103 Å². The summed E-state index contributed by atoms with van der Waals surface area (Å²) in [6, 6.07) is 12.9. The van der Waals surface area contributed by atoms with Crippen LogP contribution >= 0.6 is 0 Å². The second kappa shape index (κ2) is 8.69. The lowest BCUT2D eigenvalue weighted by atomic mass is 10.1. The van der Waals surface area contributed by atoms with Gasteiger partial charge < -0.3 is 15.2 Å². The molecule has 1 amide bonds. The van der Waals surface area contributed by atoms with Crippen LogP contribution in [0, 0.1) is 6.92 Å². The van der Waals surface area contributed by atoms with E-state index in [-0.39, 0.29) is 34.7 Å². The molecule has 0 spiro atoms. The SMILES string of the molecule is CCCOC(=O)c1cc(C(=O)Nc2c(C)n(C)n(-c3ccccc3)c2=O)ccc1O. The summed E-state index contributed by atoms with van der Waals surface area (Å²) >= 11 is 0. The number of hydrogen-bond acceptors (Lipinski definition) is 5. The molecule has 0 aliphatic heterocycles. The number of aromatic hydroxyl groups is 1. The zero-order chi connectivity index (χ0) is 21.8.